The largest absolute Gasteiger partial charge is 0.352 e. The fourth-order valence-corrected chi connectivity index (χ4v) is 4.11. The first-order chi connectivity index (χ1) is 8.27. The lowest BCUT2D eigenvalue weighted by Crippen LogP contribution is -2.52. The quantitative estimate of drug-likeness (QED) is 0.805. The Bertz CT molecular complexity index is 253. The first kappa shape index (κ1) is 13.2. The van der Waals surface area contributed by atoms with E-state index in [1.807, 2.05) is 11.8 Å². The molecule has 0 aromatic heterocycles. The van der Waals surface area contributed by atoms with E-state index in [0.29, 0.717) is 11.9 Å². The first-order valence-electron chi connectivity index (χ1n) is 6.86. The van der Waals surface area contributed by atoms with Gasteiger partial charge in [-0.3, -0.25) is 4.79 Å². The second-order valence-electron chi connectivity index (χ2n) is 5.34. The second kappa shape index (κ2) is 6.10. The first-order valence-corrected chi connectivity index (χ1v) is 8.02. The predicted molar refractivity (Wildman–Crippen MR) is 73.3 cm³/mol. The standard InChI is InChI=1S/C13H24N2OS/c1-2-5-13(6-3-7-14-10-13)12(16)15-11-4-8-17-9-11/h11,14H,2-10H2,1H3,(H,15,16). The lowest BCUT2D eigenvalue weighted by Gasteiger charge is -2.37. The second-order valence-corrected chi connectivity index (χ2v) is 6.49. The van der Waals surface area contributed by atoms with E-state index in [1.165, 1.54) is 5.75 Å². The molecule has 2 unspecified atom stereocenters. The van der Waals surface area contributed by atoms with Crippen LogP contribution in [0.25, 0.3) is 0 Å². The average Bonchev–Trinajstić information content (AvgIpc) is 2.83. The molecule has 0 saturated carbocycles. The summed E-state index contributed by atoms with van der Waals surface area (Å²) < 4.78 is 0. The molecule has 1 amide bonds. The van der Waals surface area contributed by atoms with E-state index in [2.05, 4.69) is 17.6 Å². The van der Waals surface area contributed by atoms with E-state index in [-0.39, 0.29) is 5.41 Å². The summed E-state index contributed by atoms with van der Waals surface area (Å²) in [5, 5.41) is 6.67. The summed E-state index contributed by atoms with van der Waals surface area (Å²) in [5.74, 6) is 2.60. The topological polar surface area (TPSA) is 41.1 Å². The Morgan fingerprint density at radius 3 is 3.06 bits per heavy atom. The molecule has 2 N–H and O–H groups in total. The van der Waals surface area contributed by atoms with Crippen molar-refractivity contribution in [3.63, 3.8) is 0 Å². The molecule has 0 aromatic rings. The van der Waals surface area contributed by atoms with E-state index < -0.39 is 0 Å². The molecular weight excluding hydrogens is 232 g/mol. The zero-order valence-electron chi connectivity index (χ0n) is 10.8. The molecular formula is C13H24N2OS. The van der Waals surface area contributed by atoms with Gasteiger partial charge in [0.15, 0.2) is 0 Å². The van der Waals surface area contributed by atoms with Crippen molar-refractivity contribution < 1.29 is 4.79 Å². The van der Waals surface area contributed by atoms with Crippen LogP contribution in [-0.2, 0) is 4.79 Å². The molecule has 2 atom stereocenters. The predicted octanol–water partition coefficient (Wildman–Crippen LogP) is 1.78. The number of carbonyl (C=O) groups is 1. The van der Waals surface area contributed by atoms with Gasteiger partial charge in [0, 0.05) is 18.3 Å². The normalized spacial score (nSPS) is 33.6. The molecule has 0 aliphatic carbocycles. The van der Waals surface area contributed by atoms with Gasteiger partial charge in [-0.1, -0.05) is 13.3 Å². The summed E-state index contributed by atoms with van der Waals surface area (Å²) in [5.41, 5.74) is -0.125. The molecule has 0 radical (unpaired) electrons. The van der Waals surface area contributed by atoms with Crippen LogP contribution in [0.15, 0.2) is 0 Å². The number of piperidine rings is 1. The Hall–Kier alpha value is -0.220. The lowest BCUT2D eigenvalue weighted by molar-refractivity contribution is -0.133. The van der Waals surface area contributed by atoms with Crippen molar-refractivity contribution in [2.24, 2.45) is 5.41 Å². The summed E-state index contributed by atoms with van der Waals surface area (Å²) in [6.45, 7) is 4.11. The minimum Gasteiger partial charge on any atom is -0.352 e. The van der Waals surface area contributed by atoms with Crippen molar-refractivity contribution in [1.82, 2.24) is 10.6 Å². The van der Waals surface area contributed by atoms with Gasteiger partial charge in [0.1, 0.15) is 0 Å². The van der Waals surface area contributed by atoms with E-state index in [0.717, 1.165) is 50.9 Å². The minimum atomic E-state index is -0.125. The molecule has 17 heavy (non-hydrogen) atoms. The van der Waals surface area contributed by atoms with Crippen LogP contribution in [0.3, 0.4) is 0 Å². The molecule has 2 aliphatic heterocycles. The zero-order valence-corrected chi connectivity index (χ0v) is 11.6. The van der Waals surface area contributed by atoms with Crippen LogP contribution in [0.1, 0.15) is 39.0 Å². The Morgan fingerprint density at radius 1 is 1.59 bits per heavy atom. The van der Waals surface area contributed by atoms with Crippen molar-refractivity contribution in [3.8, 4) is 0 Å². The summed E-state index contributed by atoms with van der Waals surface area (Å²) >= 11 is 1.95. The van der Waals surface area contributed by atoms with Crippen LogP contribution in [-0.4, -0.2) is 36.5 Å². The molecule has 0 bridgehead atoms. The van der Waals surface area contributed by atoms with Crippen LogP contribution < -0.4 is 10.6 Å². The fraction of sp³-hybridized carbons (Fsp3) is 0.923. The molecule has 0 spiro atoms. The third-order valence-electron chi connectivity index (χ3n) is 3.95. The van der Waals surface area contributed by atoms with E-state index in [1.54, 1.807) is 0 Å². The van der Waals surface area contributed by atoms with Crippen molar-refractivity contribution in [1.29, 1.82) is 0 Å². The maximum atomic E-state index is 12.5. The Kier molecular flexibility index (Phi) is 4.74. The van der Waals surface area contributed by atoms with Gasteiger partial charge in [0.05, 0.1) is 5.41 Å². The monoisotopic (exact) mass is 256 g/mol. The molecule has 98 valence electrons. The van der Waals surface area contributed by atoms with Crippen molar-refractivity contribution in [3.05, 3.63) is 0 Å². The highest BCUT2D eigenvalue weighted by Crippen LogP contribution is 2.32. The molecule has 2 saturated heterocycles. The smallest absolute Gasteiger partial charge is 0.227 e. The molecule has 2 aliphatic rings. The number of hydrogen-bond acceptors (Lipinski definition) is 3. The Balaban J connectivity index is 1.96. The van der Waals surface area contributed by atoms with Crippen molar-refractivity contribution in [2.45, 2.75) is 45.1 Å². The van der Waals surface area contributed by atoms with Gasteiger partial charge >= 0.3 is 0 Å². The summed E-state index contributed by atoms with van der Waals surface area (Å²) in [6, 6.07) is 0.420. The van der Waals surface area contributed by atoms with Crippen molar-refractivity contribution in [2.75, 3.05) is 24.6 Å². The Labute approximate surface area is 108 Å². The molecule has 2 heterocycles. The number of nitrogens with one attached hydrogen (secondary N) is 2. The van der Waals surface area contributed by atoms with Gasteiger partial charge in [-0.2, -0.15) is 11.8 Å². The molecule has 3 nitrogen and oxygen atoms in total. The fourth-order valence-electron chi connectivity index (χ4n) is 2.95. The number of amides is 1. The van der Waals surface area contributed by atoms with E-state index >= 15 is 0 Å². The van der Waals surface area contributed by atoms with Crippen LogP contribution in [0.5, 0.6) is 0 Å². The lowest BCUT2D eigenvalue weighted by atomic mass is 9.76. The van der Waals surface area contributed by atoms with Crippen LogP contribution in [0.2, 0.25) is 0 Å². The van der Waals surface area contributed by atoms with E-state index in [9.17, 15) is 4.79 Å². The van der Waals surface area contributed by atoms with Gasteiger partial charge in [0.2, 0.25) is 5.91 Å². The van der Waals surface area contributed by atoms with Crippen LogP contribution >= 0.6 is 11.8 Å². The average molecular weight is 256 g/mol. The molecule has 4 heteroatoms. The number of carbonyl (C=O) groups excluding carboxylic acids is 1. The van der Waals surface area contributed by atoms with Crippen LogP contribution in [0.4, 0.5) is 0 Å². The maximum Gasteiger partial charge on any atom is 0.227 e. The highest BCUT2D eigenvalue weighted by molar-refractivity contribution is 7.99. The third kappa shape index (κ3) is 3.16. The summed E-state index contributed by atoms with van der Waals surface area (Å²) in [6.07, 6.45) is 5.44. The third-order valence-corrected chi connectivity index (χ3v) is 5.11. The van der Waals surface area contributed by atoms with Crippen LogP contribution in [0, 0.1) is 5.41 Å². The SMILES string of the molecule is CCCC1(C(=O)NC2CCSC2)CCCNC1. The van der Waals surface area contributed by atoms with Gasteiger partial charge in [0.25, 0.3) is 0 Å². The molecule has 2 fully saturated rings. The molecule has 2 rings (SSSR count). The van der Waals surface area contributed by atoms with Gasteiger partial charge in [-0.15, -0.1) is 0 Å². The highest BCUT2D eigenvalue weighted by Gasteiger charge is 2.39. The summed E-state index contributed by atoms with van der Waals surface area (Å²) in [4.78, 5) is 12.5. The number of rotatable bonds is 4. The summed E-state index contributed by atoms with van der Waals surface area (Å²) in [7, 11) is 0. The van der Waals surface area contributed by atoms with Gasteiger partial charge in [-0.25, -0.2) is 0 Å². The molecule has 0 aromatic carbocycles. The van der Waals surface area contributed by atoms with Crippen molar-refractivity contribution >= 4 is 17.7 Å². The highest BCUT2D eigenvalue weighted by atomic mass is 32.2. The zero-order chi connectivity index (χ0) is 12.1. The Morgan fingerprint density at radius 2 is 2.47 bits per heavy atom. The maximum absolute atomic E-state index is 12.5. The number of thioether (sulfide) groups is 1. The van der Waals surface area contributed by atoms with Gasteiger partial charge < -0.3 is 10.6 Å². The minimum absolute atomic E-state index is 0.125. The van der Waals surface area contributed by atoms with Gasteiger partial charge in [-0.05, 0) is 38.0 Å². The number of hydrogen-bond donors (Lipinski definition) is 2. The van der Waals surface area contributed by atoms with E-state index in [4.69, 9.17) is 0 Å².